The van der Waals surface area contributed by atoms with Crippen LogP contribution >= 0.6 is 0 Å². The maximum atomic E-state index is 10.2. The highest BCUT2D eigenvalue weighted by Crippen LogP contribution is 2.00. The van der Waals surface area contributed by atoms with E-state index in [1.54, 1.807) is 6.92 Å². The zero-order chi connectivity index (χ0) is 8.85. The summed E-state index contributed by atoms with van der Waals surface area (Å²) in [6, 6.07) is 0. The number of ether oxygens (including phenoxy) is 1. The zero-order valence-corrected chi connectivity index (χ0v) is 7.33. The molecule has 1 unspecified atom stereocenters. The van der Waals surface area contributed by atoms with Gasteiger partial charge < -0.3 is 9.84 Å². The van der Waals surface area contributed by atoms with E-state index in [1.165, 1.54) is 0 Å². The van der Waals surface area contributed by atoms with E-state index >= 15 is 0 Å². The Labute approximate surface area is 67.4 Å². The Morgan fingerprint density at radius 1 is 1.45 bits per heavy atom. The van der Waals surface area contributed by atoms with Crippen LogP contribution in [0, 0.1) is 5.92 Å². The third-order valence-corrected chi connectivity index (χ3v) is 1.41. The molecule has 0 aliphatic heterocycles. The molecule has 66 valence electrons. The summed E-state index contributed by atoms with van der Waals surface area (Å²) in [5.74, 6) is -0.329. The molecule has 3 heteroatoms. The van der Waals surface area contributed by atoms with Gasteiger partial charge in [0.1, 0.15) is 0 Å². The molecule has 0 saturated carbocycles. The average Bonchev–Trinajstić information content (AvgIpc) is 1.86. The van der Waals surface area contributed by atoms with Gasteiger partial charge in [-0.25, -0.2) is 4.79 Å². The largest absolute Gasteiger partial charge is 0.479 e. The number of carboxylic acid groups (broad SMARTS) is 1. The highest BCUT2D eigenvalue weighted by molar-refractivity contribution is 5.71. The molecule has 0 aliphatic carbocycles. The van der Waals surface area contributed by atoms with Gasteiger partial charge >= 0.3 is 5.97 Å². The van der Waals surface area contributed by atoms with E-state index in [0.29, 0.717) is 12.5 Å². The van der Waals surface area contributed by atoms with Crippen LogP contribution in [0.25, 0.3) is 0 Å². The van der Waals surface area contributed by atoms with Crippen molar-refractivity contribution in [1.82, 2.24) is 0 Å². The maximum Gasteiger partial charge on any atom is 0.332 e. The molecule has 0 aromatic carbocycles. The summed E-state index contributed by atoms with van der Waals surface area (Å²) in [5.41, 5.74) is 0. The van der Waals surface area contributed by atoms with Gasteiger partial charge in [0.05, 0.1) is 0 Å². The second kappa shape index (κ2) is 5.13. The Bertz CT molecular complexity index is 121. The molecule has 0 bridgehead atoms. The van der Waals surface area contributed by atoms with Crippen molar-refractivity contribution in [3.8, 4) is 0 Å². The summed E-state index contributed by atoms with van der Waals surface area (Å²) < 4.78 is 5.01. The van der Waals surface area contributed by atoms with E-state index in [1.807, 2.05) is 0 Å². The third-order valence-electron chi connectivity index (χ3n) is 1.41. The predicted molar refractivity (Wildman–Crippen MR) is 42.5 cm³/mol. The second-order valence-corrected chi connectivity index (χ2v) is 3.03. The van der Waals surface area contributed by atoms with Crippen molar-refractivity contribution in [1.29, 1.82) is 0 Å². The van der Waals surface area contributed by atoms with Gasteiger partial charge in [-0.1, -0.05) is 13.8 Å². The first kappa shape index (κ1) is 10.4. The van der Waals surface area contributed by atoms with Crippen molar-refractivity contribution in [3.63, 3.8) is 0 Å². The lowest BCUT2D eigenvalue weighted by Gasteiger charge is -2.09. The maximum absolute atomic E-state index is 10.2. The summed E-state index contributed by atoms with van der Waals surface area (Å²) in [5, 5.41) is 8.42. The summed E-state index contributed by atoms with van der Waals surface area (Å²) in [4.78, 5) is 10.2. The Morgan fingerprint density at radius 2 is 2.00 bits per heavy atom. The Morgan fingerprint density at radius 3 is 2.36 bits per heavy atom. The van der Waals surface area contributed by atoms with Crippen molar-refractivity contribution in [2.45, 2.75) is 33.3 Å². The molecule has 11 heavy (non-hydrogen) atoms. The van der Waals surface area contributed by atoms with E-state index in [0.717, 1.165) is 6.42 Å². The van der Waals surface area contributed by atoms with Crippen LogP contribution in [0.2, 0.25) is 0 Å². The normalized spacial score (nSPS) is 13.5. The number of aliphatic carboxylic acids is 1. The molecule has 0 aromatic heterocycles. The third kappa shape index (κ3) is 5.85. The molecular weight excluding hydrogens is 144 g/mol. The molecule has 0 saturated heterocycles. The van der Waals surface area contributed by atoms with Crippen molar-refractivity contribution < 1.29 is 14.6 Å². The van der Waals surface area contributed by atoms with Crippen molar-refractivity contribution in [2.24, 2.45) is 5.92 Å². The molecule has 0 aliphatic rings. The molecule has 0 heterocycles. The number of hydrogen-bond donors (Lipinski definition) is 1. The summed E-state index contributed by atoms with van der Waals surface area (Å²) in [6.45, 7) is 6.23. The minimum absolute atomic E-state index is 0.533. The monoisotopic (exact) mass is 160 g/mol. The van der Waals surface area contributed by atoms with Crippen LogP contribution in [0.15, 0.2) is 0 Å². The molecule has 1 atom stereocenters. The van der Waals surface area contributed by atoms with Gasteiger partial charge in [-0.2, -0.15) is 0 Å². The van der Waals surface area contributed by atoms with E-state index in [4.69, 9.17) is 9.84 Å². The first-order valence-corrected chi connectivity index (χ1v) is 3.88. The number of carboxylic acids is 1. The van der Waals surface area contributed by atoms with Gasteiger partial charge in [-0.15, -0.1) is 0 Å². The van der Waals surface area contributed by atoms with E-state index in [-0.39, 0.29) is 0 Å². The molecule has 0 spiro atoms. The van der Waals surface area contributed by atoms with E-state index in [9.17, 15) is 4.79 Å². The van der Waals surface area contributed by atoms with Crippen LogP contribution in [0.3, 0.4) is 0 Å². The number of rotatable bonds is 5. The summed E-state index contributed by atoms with van der Waals surface area (Å²) in [6.07, 6.45) is 0.242. The van der Waals surface area contributed by atoms with Gasteiger partial charge in [-0.05, 0) is 19.3 Å². The zero-order valence-electron chi connectivity index (χ0n) is 7.33. The van der Waals surface area contributed by atoms with Gasteiger partial charge in [-0.3, -0.25) is 0 Å². The summed E-state index contributed by atoms with van der Waals surface area (Å²) >= 11 is 0. The molecular formula is C8H16O3. The number of carbonyl (C=O) groups is 1. The summed E-state index contributed by atoms with van der Waals surface area (Å²) in [7, 11) is 0. The standard InChI is InChI=1S/C8H16O3/c1-6(2)4-5-11-7(3)8(9)10/h6-7H,4-5H2,1-3H3,(H,9,10). The van der Waals surface area contributed by atoms with Gasteiger partial charge in [0.15, 0.2) is 6.10 Å². The second-order valence-electron chi connectivity index (χ2n) is 3.03. The SMILES string of the molecule is CC(C)CCOC(C)C(=O)O. The van der Waals surface area contributed by atoms with Crippen molar-refractivity contribution in [3.05, 3.63) is 0 Å². The van der Waals surface area contributed by atoms with Crippen LogP contribution in [0.1, 0.15) is 27.2 Å². The Hall–Kier alpha value is -0.570. The molecule has 0 rings (SSSR count). The van der Waals surface area contributed by atoms with Crippen LogP contribution in [0.5, 0.6) is 0 Å². The van der Waals surface area contributed by atoms with Crippen molar-refractivity contribution in [2.75, 3.05) is 6.61 Å². The fourth-order valence-corrected chi connectivity index (χ4v) is 0.552. The quantitative estimate of drug-likeness (QED) is 0.663. The highest BCUT2D eigenvalue weighted by atomic mass is 16.5. The fraction of sp³-hybridized carbons (Fsp3) is 0.875. The molecule has 0 aromatic rings. The van der Waals surface area contributed by atoms with Crippen LogP contribution < -0.4 is 0 Å². The topological polar surface area (TPSA) is 46.5 Å². The van der Waals surface area contributed by atoms with E-state index < -0.39 is 12.1 Å². The van der Waals surface area contributed by atoms with Gasteiger partial charge in [0.2, 0.25) is 0 Å². The lowest BCUT2D eigenvalue weighted by Crippen LogP contribution is -2.20. The smallest absolute Gasteiger partial charge is 0.332 e. The average molecular weight is 160 g/mol. The van der Waals surface area contributed by atoms with E-state index in [2.05, 4.69) is 13.8 Å². The lowest BCUT2D eigenvalue weighted by atomic mass is 10.1. The first-order valence-electron chi connectivity index (χ1n) is 3.88. The minimum Gasteiger partial charge on any atom is -0.479 e. The number of hydrogen-bond acceptors (Lipinski definition) is 2. The van der Waals surface area contributed by atoms with Crippen LogP contribution in [-0.2, 0) is 9.53 Å². The fourth-order valence-electron chi connectivity index (χ4n) is 0.552. The minimum atomic E-state index is -0.895. The molecule has 0 fully saturated rings. The first-order chi connectivity index (χ1) is 5.04. The molecule has 1 N–H and O–H groups in total. The van der Waals surface area contributed by atoms with Crippen LogP contribution in [-0.4, -0.2) is 23.8 Å². The van der Waals surface area contributed by atoms with Gasteiger partial charge in [0, 0.05) is 6.61 Å². The highest BCUT2D eigenvalue weighted by Gasteiger charge is 2.10. The van der Waals surface area contributed by atoms with Crippen LogP contribution in [0.4, 0.5) is 0 Å². The molecule has 0 radical (unpaired) electrons. The molecule has 0 amide bonds. The predicted octanol–water partition coefficient (Wildman–Crippen LogP) is 1.52. The Kier molecular flexibility index (Phi) is 4.86. The molecule has 3 nitrogen and oxygen atoms in total. The lowest BCUT2D eigenvalue weighted by molar-refractivity contribution is -0.149. The Balaban J connectivity index is 3.31. The van der Waals surface area contributed by atoms with Gasteiger partial charge in [0.25, 0.3) is 0 Å². The van der Waals surface area contributed by atoms with Crippen molar-refractivity contribution >= 4 is 5.97 Å².